The third kappa shape index (κ3) is 3.28. The molecule has 0 spiro atoms. The molecule has 1 fully saturated rings. The van der Waals surface area contributed by atoms with Crippen LogP contribution in [-0.4, -0.2) is 21.5 Å². The first kappa shape index (κ1) is 14.8. The van der Waals surface area contributed by atoms with Gasteiger partial charge in [-0.3, -0.25) is 14.2 Å². The lowest BCUT2D eigenvalue weighted by molar-refractivity contribution is -0.124. The summed E-state index contributed by atoms with van der Waals surface area (Å²) in [6.07, 6.45) is 5.67. The fourth-order valence-corrected chi connectivity index (χ4v) is 2.76. The molecule has 1 saturated carbocycles. The van der Waals surface area contributed by atoms with Gasteiger partial charge in [0.1, 0.15) is 14.8 Å². The molecule has 5 nitrogen and oxygen atoms in total. The molecule has 1 aromatic heterocycles. The van der Waals surface area contributed by atoms with Crippen molar-refractivity contribution < 1.29 is 4.79 Å². The Kier molecular flexibility index (Phi) is 4.83. The predicted molar refractivity (Wildman–Crippen MR) is 81.3 cm³/mol. The Morgan fingerprint density at radius 2 is 2.21 bits per heavy atom. The first-order chi connectivity index (χ1) is 9.00. The number of hydrogen-bond donors (Lipinski definition) is 1. The Morgan fingerprint density at radius 3 is 2.84 bits per heavy atom. The number of carbonyl (C=O) groups is 1. The summed E-state index contributed by atoms with van der Waals surface area (Å²) in [4.78, 5) is 28.1. The highest BCUT2D eigenvalue weighted by molar-refractivity contribution is 14.1. The van der Waals surface area contributed by atoms with Crippen LogP contribution >= 0.6 is 34.2 Å². The van der Waals surface area contributed by atoms with Gasteiger partial charge in [-0.1, -0.05) is 24.4 Å². The number of carbonyl (C=O) groups excluding carboxylic acids is 1. The summed E-state index contributed by atoms with van der Waals surface area (Å²) in [5.41, 5.74) is -0.283. The molecule has 19 heavy (non-hydrogen) atoms. The van der Waals surface area contributed by atoms with Gasteiger partial charge in [0.25, 0.3) is 5.56 Å². The van der Waals surface area contributed by atoms with E-state index in [0.717, 1.165) is 25.7 Å². The van der Waals surface area contributed by atoms with Crippen molar-refractivity contribution in [2.24, 2.45) is 0 Å². The van der Waals surface area contributed by atoms with Crippen LogP contribution in [0.4, 0.5) is 0 Å². The van der Waals surface area contributed by atoms with Gasteiger partial charge in [-0.25, -0.2) is 4.98 Å². The number of hydrogen-bond acceptors (Lipinski definition) is 3. The summed E-state index contributed by atoms with van der Waals surface area (Å²) in [5.74, 6) is -0.145. The lowest BCUT2D eigenvalue weighted by Gasteiger charge is -2.18. The molecule has 0 radical (unpaired) electrons. The fourth-order valence-electron chi connectivity index (χ4n) is 2.22. The topological polar surface area (TPSA) is 64.0 Å². The number of nitrogens with zero attached hydrogens (tertiary/aromatic N) is 2. The van der Waals surface area contributed by atoms with Crippen molar-refractivity contribution in [1.29, 1.82) is 0 Å². The summed E-state index contributed by atoms with van der Waals surface area (Å²) in [5, 5.41) is 3.15. The highest BCUT2D eigenvalue weighted by Crippen LogP contribution is 2.18. The molecule has 104 valence electrons. The van der Waals surface area contributed by atoms with E-state index >= 15 is 0 Å². The Balaban J connectivity index is 2.14. The van der Waals surface area contributed by atoms with Gasteiger partial charge in [-0.05, 0) is 42.4 Å². The molecule has 1 atom stereocenters. The molecular formula is C12H15ClIN3O2. The highest BCUT2D eigenvalue weighted by atomic mass is 127. The van der Waals surface area contributed by atoms with Gasteiger partial charge in [0.05, 0.1) is 6.33 Å². The first-order valence-electron chi connectivity index (χ1n) is 6.23. The maximum Gasteiger partial charge on any atom is 0.269 e. The first-order valence-corrected chi connectivity index (χ1v) is 7.69. The second-order valence-electron chi connectivity index (χ2n) is 4.73. The van der Waals surface area contributed by atoms with Crippen LogP contribution in [0, 0.1) is 3.57 Å². The van der Waals surface area contributed by atoms with Crippen LogP contribution in [0.2, 0.25) is 5.15 Å². The molecule has 0 saturated heterocycles. The van der Waals surface area contributed by atoms with Crippen molar-refractivity contribution in [3.63, 3.8) is 0 Å². The lowest BCUT2D eigenvalue weighted by atomic mass is 10.2. The van der Waals surface area contributed by atoms with Crippen LogP contribution in [-0.2, 0) is 4.79 Å². The van der Waals surface area contributed by atoms with Gasteiger partial charge < -0.3 is 5.32 Å². The number of aromatic nitrogens is 2. The average molecular weight is 396 g/mol. The van der Waals surface area contributed by atoms with E-state index < -0.39 is 6.04 Å². The SMILES string of the molecule is CC(C(=O)NC1CCCC1)n1cnc(Cl)c(I)c1=O. The molecule has 1 unspecified atom stereocenters. The van der Waals surface area contributed by atoms with Gasteiger partial charge in [-0.2, -0.15) is 0 Å². The lowest BCUT2D eigenvalue weighted by Crippen LogP contribution is -2.40. The summed E-state index contributed by atoms with van der Waals surface area (Å²) >= 11 is 7.62. The van der Waals surface area contributed by atoms with Gasteiger partial charge >= 0.3 is 0 Å². The zero-order valence-electron chi connectivity index (χ0n) is 10.5. The molecule has 1 N–H and O–H groups in total. The van der Waals surface area contributed by atoms with E-state index in [9.17, 15) is 9.59 Å². The third-order valence-corrected chi connectivity index (χ3v) is 4.97. The smallest absolute Gasteiger partial charge is 0.269 e. The third-order valence-electron chi connectivity index (χ3n) is 3.40. The van der Waals surface area contributed by atoms with E-state index in [2.05, 4.69) is 10.3 Å². The van der Waals surface area contributed by atoms with E-state index in [1.807, 2.05) is 22.6 Å². The van der Waals surface area contributed by atoms with Crippen molar-refractivity contribution in [2.45, 2.75) is 44.7 Å². The van der Waals surface area contributed by atoms with E-state index in [1.54, 1.807) is 6.92 Å². The standard InChI is InChI=1S/C12H15ClIN3O2/c1-7(11(18)16-8-4-2-3-5-8)17-6-15-10(13)9(14)12(17)19/h6-8H,2-5H2,1H3,(H,16,18). The van der Waals surface area contributed by atoms with E-state index in [-0.39, 0.29) is 22.7 Å². The maximum atomic E-state index is 12.1. The Hall–Kier alpha value is -0.630. The van der Waals surface area contributed by atoms with E-state index in [0.29, 0.717) is 3.57 Å². The molecule has 1 aromatic rings. The highest BCUT2D eigenvalue weighted by Gasteiger charge is 2.23. The Morgan fingerprint density at radius 1 is 1.58 bits per heavy atom. The van der Waals surface area contributed by atoms with Crippen LogP contribution in [0.3, 0.4) is 0 Å². The molecule has 7 heteroatoms. The van der Waals surface area contributed by atoms with Crippen molar-refractivity contribution in [3.05, 3.63) is 25.4 Å². The summed E-state index contributed by atoms with van der Waals surface area (Å²) in [6, 6.07) is -0.337. The molecule has 1 amide bonds. The van der Waals surface area contributed by atoms with E-state index in [1.165, 1.54) is 10.9 Å². The Labute approximate surface area is 129 Å². The number of rotatable bonds is 3. The quantitative estimate of drug-likeness (QED) is 0.630. The number of nitrogens with one attached hydrogen (secondary N) is 1. The minimum Gasteiger partial charge on any atom is -0.352 e. The van der Waals surface area contributed by atoms with Crippen molar-refractivity contribution >= 4 is 40.1 Å². The predicted octanol–water partition coefficient (Wildman–Crippen LogP) is 2.12. The molecule has 2 rings (SSSR count). The van der Waals surface area contributed by atoms with E-state index in [4.69, 9.17) is 11.6 Å². The molecule has 0 bridgehead atoms. The minimum atomic E-state index is -0.577. The van der Waals surface area contributed by atoms with Crippen molar-refractivity contribution in [1.82, 2.24) is 14.9 Å². The normalized spacial score (nSPS) is 17.4. The largest absolute Gasteiger partial charge is 0.352 e. The van der Waals surface area contributed by atoms with Gasteiger partial charge in [0.2, 0.25) is 5.91 Å². The summed E-state index contributed by atoms with van der Waals surface area (Å²) in [7, 11) is 0. The zero-order chi connectivity index (χ0) is 14.0. The van der Waals surface area contributed by atoms with Gasteiger partial charge in [-0.15, -0.1) is 0 Å². The molecule has 1 aliphatic rings. The van der Waals surface area contributed by atoms with Gasteiger partial charge in [0.15, 0.2) is 0 Å². The van der Waals surface area contributed by atoms with Crippen LogP contribution in [0.5, 0.6) is 0 Å². The second-order valence-corrected chi connectivity index (χ2v) is 6.16. The van der Waals surface area contributed by atoms with Crippen LogP contribution in [0.1, 0.15) is 38.6 Å². The van der Waals surface area contributed by atoms with Crippen LogP contribution in [0.15, 0.2) is 11.1 Å². The molecule has 1 aliphatic carbocycles. The van der Waals surface area contributed by atoms with Crippen molar-refractivity contribution in [2.75, 3.05) is 0 Å². The molecule has 0 aliphatic heterocycles. The zero-order valence-corrected chi connectivity index (χ0v) is 13.4. The average Bonchev–Trinajstić information content (AvgIpc) is 2.88. The maximum absolute atomic E-state index is 12.1. The second kappa shape index (κ2) is 6.21. The molecular weight excluding hydrogens is 381 g/mol. The van der Waals surface area contributed by atoms with Crippen LogP contribution < -0.4 is 10.9 Å². The molecule has 0 aromatic carbocycles. The Bertz CT molecular complexity index is 540. The van der Waals surface area contributed by atoms with Gasteiger partial charge in [0, 0.05) is 6.04 Å². The molecule has 1 heterocycles. The van der Waals surface area contributed by atoms with Crippen molar-refractivity contribution in [3.8, 4) is 0 Å². The summed E-state index contributed by atoms with van der Waals surface area (Å²) < 4.78 is 1.65. The summed E-state index contributed by atoms with van der Waals surface area (Å²) in [6.45, 7) is 1.69. The number of amides is 1. The minimum absolute atomic E-state index is 0.145. The van der Waals surface area contributed by atoms with Crippen LogP contribution in [0.25, 0.3) is 0 Å². The number of halogens is 2. The monoisotopic (exact) mass is 395 g/mol. The fraction of sp³-hybridized carbons (Fsp3) is 0.583.